The number of halogens is 1. The van der Waals surface area contributed by atoms with E-state index in [2.05, 4.69) is 15.3 Å². The Morgan fingerprint density at radius 3 is 2.78 bits per heavy atom. The number of anilines is 2. The van der Waals surface area contributed by atoms with E-state index in [0.717, 1.165) is 10.5 Å². The zero-order valence-electron chi connectivity index (χ0n) is 12.3. The van der Waals surface area contributed by atoms with Gasteiger partial charge in [0.15, 0.2) is 6.23 Å². The maximum absolute atomic E-state index is 11.7. The maximum Gasteiger partial charge on any atom is 0.417 e. The van der Waals surface area contributed by atoms with E-state index in [1.54, 1.807) is 0 Å². The topological polar surface area (TPSA) is 87.6 Å². The number of carbonyl (C=O) groups excluding carboxylic acids is 1. The molecule has 2 N–H and O–H groups in total. The van der Waals surface area contributed by atoms with Gasteiger partial charge in [-0.2, -0.15) is 4.98 Å². The summed E-state index contributed by atoms with van der Waals surface area (Å²) < 4.78 is 4.78. The molecule has 0 aliphatic carbocycles. The van der Waals surface area contributed by atoms with Crippen LogP contribution in [-0.4, -0.2) is 34.0 Å². The van der Waals surface area contributed by atoms with Crippen molar-refractivity contribution >= 4 is 29.5 Å². The molecule has 1 aliphatic heterocycles. The van der Waals surface area contributed by atoms with Gasteiger partial charge in [-0.1, -0.05) is 41.9 Å². The summed E-state index contributed by atoms with van der Waals surface area (Å²) in [4.78, 5) is 21.0. The standard InChI is InChI=1S/C15H15ClN4O3/c1-9(10-5-3-2-4-6-10)17-14-18-11(16)7-12(19-14)20-13(21)8-23-15(20)22/h2-7,9,13,21H,8H2,1H3,(H,17,18,19)/t9?,13-/m0/s1. The van der Waals surface area contributed by atoms with E-state index >= 15 is 0 Å². The van der Waals surface area contributed by atoms with Gasteiger partial charge in [-0.3, -0.25) is 0 Å². The van der Waals surface area contributed by atoms with E-state index in [9.17, 15) is 9.90 Å². The number of rotatable bonds is 4. The highest BCUT2D eigenvalue weighted by Gasteiger charge is 2.34. The summed E-state index contributed by atoms with van der Waals surface area (Å²) in [5.74, 6) is 0.443. The molecule has 7 nitrogen and oxygen atoms in total. The third-order valence-corrected chi connectivity index (χ3v) is 3.62. The zero-order valence-corrected chi connectivity index (χ0v) is 13.1. The lowest BCUT2D eigenvalue weighted by atomic mass is 10.1. The van der Waals surface area contributed by atoms with Crippen LogP contribution < -0.4 is 10.2 Å². The predicted octanol–water partition coefficient (Wildman–Crippen LogP) is 2.58. The maximum atomic E-state index is 11.7. The van der Waals surface area contributed by atoms with Crippen molar-refractivity contribution in [1.82, 2.24) is 9.97 Å². The number of aliphatic hydroxyl groups excluding tert-OH is 1. The van der Waals surface area contributed by atoms with E-state index in [0.29, 0.717) is 0 Å². The Morgan fingerprint density at radius 1 is 1.39 bits per heavy atom. The van der Waals surface area contributed by atoms with Crippen LogP contribution in [-0.2, 0) is 4.74 Å². The molecule has 0 spiro atoms. The minimum absolute atomic E-state index is 0.0574. The lowest BCUT2D eigenvalue weighted by molar-refractivity contribution is 0.135. The number of benzene rings is 1. The van der Waals surface area contributed by atoms with E-state index in [1.165, 1.54) is 6.07 Å². The summed E-state index contributed by atoms with van der Waals surface area (Å²) in [6.45, 7) is 1.85. The van der Waals surface area contributed by atoms with Crippen LogP contribution in [0.1, 0.15) is 18.5 Å². The highest BCUT2D eigenvalue weighted by molar-refractivity contribution is 6.29. The molecule has 2 heterocycles. The number of aromatic nitrogens is 2. The summed E-state index contributed by atoms with van der Waals surface area (Å²) >= 11 is 6.00. The first-order valence-corrected chi connectivity index (χ1v) is 7.42. The number of nitrogens with zero attached hydrogens (tertiary/aromatic N) is 3. The number of hydrogen-bond acceptors (Lipinski definition) is 6. The quantitative estimate of drug-likeness (QED) is 0.836. The Balaban J connectivity index is 1.85. The first kappa shape index (κ1) is 15.5. The number of ether oxygens (including phenoxy) is 1. The molecule has 8 heteroatoms. The van der Waals surface area contributed by atoms with Gasteiger partial charge in [0.05, 0.1) is 6.04 Å². The smallest absolute Gasteiger partial charge is 0.417 e. The van der Waals surface area contributed by atoms with Crippen molar-refractivity contribution in [1.29, 1.82) is 0 Å². The lowest BCUT2D eigenvalue weighted by Gasteiger charge is -2.18. The van der Waals surface area contributed by atoms with Crippen LogP contribution in [0.3, 0.4) is 0 Å². The fraction of sp³-hybridized carbons (Fsp3) is 0.267. The van der Waals surface area contributed by atoms with Gasteiger partial charge in [-0.15, -0.1) is 0 Å². The zero-order chi connectivity index (χ0) is 16.4. The number of aliphatic hydroxyl groups is 1. The van der Waals surface area contributed by atoms with E-state index < -0.39 is 12.3 Å². The fourth-order valence-corrected chi connectivity index (χ4v) is 2.45. The predicted molar refractivity (Wildman–Crippen MR) is 85.4 cm³/mol. The lowest BCUT2D eigenvalue weighted by Crippen LogP contribution is -2.34. The van der Waals surface area contributed by atoms with Gasteiger partial charge >= 0.3 is 6.09 Å². The molecule has 23 heavy (non-hydrogen) atoms. The summed E-state index contributed by atoms with van der Waals surface area (Å²) in [5.41, 5.74) is 1.05. The molecular weight excluding hydrogens is 320 g/mol. The SMILES string of the molecule is CC(Nc1nc(Cl)cc(N2C(=O)OC[C@@H]2O)n1)c1ccccc1. The molecule has 0 bridgehead atoms. The number of carbonyl (C=O) groups is 1. The van der Waals surface area contributed by atoms with Crippen LogP contribution >= 0.6 is 11.6 Å². The Morgan fingerprint density at radius 2 is 2.13 bits per heavy atom. The molecule has 1 aromatic heterocycles. The average molecular weight is 335 g/mol. The first-order chi connectivity index (χ1) is 11.0. The fourth-order valence-electron chi connectivity index (χ4n) is 2.27. The second-order valence-electron chi connectivity index (χ2n) is 5.08. The van der Waals surface area contributed by atoms with Crippen LogP contribution in [0.4, 0.5) is 16.6 Å². The first-order valence-electron chi connectivity index (χ1n) is 7.04. The number of amides is 1. The minimum Gasteiger partial charge on any atom is -0.444 e. The number of cyclic esters (lactones) is 1. The molecule has 0 saturated carbocycles. The van der Waals surface area contributed by atoms with Crippen LogP contribution in [0, 0.1) is 0 Å². The molecule has 120 valence electrons. The van der Waals surface area contributed by atoms with E-state index in [4.69, 9.17) is 16.3 Å². The second-order valence-corrected chi connectivity index (χ2v) is 5.46. The van der Waals surface area contributed by atoms with Gasteiger partial charge in [-0.25, -0.2) is 14.7 Å². The molecular formula is C15H15ClN4O3. The van der Waals surface area contributed by atoms with Crippen LogP contribution in [0.15, 0.2) is 36.4 Å². The third kappa shape index (κ3) is 3.35. The van der Waals surface area contributed by atoms with Crippen LogP contribution in [0.2, 0.25) is 5.15 Å². The van der Waals surface area contributed by atoms with Gasteiger partial charge < -0.3 is 15.2 Å². The average Bonchev–Trinajstić information content (AvgIpc) is 2.86. The monoisotopic (exact) mass is 334 g/mol. The van der Waals surface area contributed by atoms with Gasteiger partial charge in [0.25, 0.3) is 0 Å². The third-order valence-electron chi connectivity index (χ3n) is 3.42. The van der Waals surface area contributed by atoms with Crippen LogP contribution in [0.25, 0.3) is 0 Å². The van der Waals surface area contributed by atoms with E-state index in [-0.39, 0.29) is 29.6 Å². The van der Waals surface area contributed by atoms with Crippen molar-refractivity contribution < 1.29 is 14.6 Å². The highest BCUT2D eigenvalue weighted by atomic mass is 35.5. The van der Waals surface area contributed by atoms with Gasteiger partial charge in [-0.05, 0) is 12.5 Å². The van der Waals surface area contributed by atoms with Gasteiger partial charge in [0.2, 0.25) is 5.95 Å². The molecule has 1 unspecified atom stereocenters. The van der Waals surface area contributed by atoms with Gasteiger partial charge in [0, 0.05) is 6.07 Å². The summed E-state index contributed by atoms with van der Waals surface area (Å²) in [6.07, 6.45) is -1.76. The molecule has 1 aromatic carbocycles. The molecule has 1 saturated heterocycles. The molecule has 2 aromatic rings. The van der Waals surface area contributed by atoms with Gasteiger partial charge in [0.1, 0.15) is 17.6 Å². The van der Waals surface area contributed by atoms with Crippen molar-refractivity contribution in [2.24, 2.45) is 0 Å². The van der Waals surface area contributed by atoms with Crippen molar-refractivity contribution in [3.05, 3.63) is 47.1 Å². The number of hydrogen-bond donors (Lipinski definition) is 2. The second kappa shape index (κ2) is 6.39. The molecule has 1 fully saturated rings. The Labute approximate surface area is 137 Å². The minimum atomic E-state index is -1.09. The molecule has 1 amide bonds. The Hall–Kier alpha value is -2.38. The summed E-state index contributed by atoms with van der Waals surface area (Å²) in [7, 11) is 0. The normalized spacial score (nSPS) is 18.7. The summed E-state index contributed by atoms with van der Waals surface area (Å²) in [6, 6.07) is 11.1. The van der Waals surface area contributed by atoms with Crippen molar-refractivity contribution in [2.45, 2.75) is 19.2 Å². The molecule has 0 radical (unpaired) electrons. The van der Waals surface area contributed by atoms with Crippen molar-refractivity contribution in [3.8, 4) is 0 Å². The van der Waals surface area contributed by atoms with E-state index in [1.807, 2.05) is 37.3 Å². The number of nitrogens with one attached hydrogen (secondary N) is 1. The molecule has 3 rings (SSSR count). The Bertz CT molecular complexity index is 713. The van der Waals surface area contributed by atoms with Crippen molar-refractivity contribution in [2.75, 3.05) is 16.8 Å². The molecule has 1 aliphatic rings. The Kier molecular flexibility index (Phi) is 4.31. The van der Waals surface area contributed by atoms with Crippen molar-refractivity contribution in [3.63, 3.8) is 0 Å². The highest BCUT2D eigenvalue weighted by Crippen LogP contribution is 2.25. The largest absolute Gasteiger partial charge is 0.444 e. The summed E-state index contributed by atoms with van der Waals surface area (Å²) in [5, 5.41) is 13.1. The molecule has 2 atom stereocenters. The van der Waals surface area contributed by atoms with Crippen LogP contribution in [0.5, 0.6) is 0 Å².